The number of hydrogen-bond acceptors (Lipinski definition) is 3. The third-order valence-corrected chi connectivity index (χ3v) is 3.68. The van der Waals surface area contributed by atoms with Gasteiger partial charge >= 0.3 is 0 Å². The van der Waals surface area contributed by atoms with Crippen LogP contribution in [0.25, 0.3) is 11.0 Å². The molecule has 2 aromatic rings. The summed E-state index contributed by atoms with van der Waals surface area (Å²) >= 11 is 0. The SMILES string of the molecule is CCc1nc2ccccc2n1CC(C)(NC(C)C)C(N)=O. The molecule has 2 rings (SSSR count). The highest BCUT2D eigenvalue weighted by Crippen LogP contribution is 2.20. The molecule has 0 saturated heterocycles. The fourth-order valence-corrected chi connectivity index (χ4v) is 2.72. The second-order valence-corrected chi connectivity index (χ2v) is 5.95. The van der Waals surface area contributed by atoms with Crippen LogP contribution in [0.4, 0.5) is 0 Å². The summed E-state index contributed by atoms with van der Waals surface area (Å²) < 4.78 is 2.09. The van der Waals surface area contributed by atoms with Crippen molar-refractivity contribution in [2.75, 3.05) is 0 Å². The molecule has 0 aliphatic rings. The van der Waals surface area contributed by atoms with Crippen molar-refractivity contribution < 1.29 is 4.79 Å². The van der Waals surface area contributed by atoms with Crippen LogP contribution < -0.4 is 11.1 Å². The Kier molecular flexibility index (Phi) is 4.32. The van der Waals surface area contributed by atoms with E-state index in [1.807, 2.05) is 45.0 Å². The number of primary amides is 1. The highest BCUT2D eigenvalue weighted by atomic mass is 16.1. The summed E-state index contributed by atoms with van der Waals surface area (Å²) in [6.07, 6.45) is 0.811. The van der Waals surface area contributed by atoms with Gasteiger partial charge in [-0.3, -0.25) is 10.1 Å². The number of benzene rings is 1. The van der Waals surface area contributed by atoms with Crippen molar-refractivity contribution in [3.63, 3.8) is 0 Å². The first-order chi connectivity index (χ1) is 9.87. The minimum atomic E-state index is -0.804. The van der Waals surface area contributed by atoms with Crippen LogP contribution in [0.3, 0.4) is 0 Å². The maximum absolute atomic E-state index is 11.9. The summed E-state index contributed by atoms with van der Waals surface area (Å²) in [7, 11) is 0. The molecule has 114 valence electrons. The monoisotopic (exact) mass is 288 g/mol. The smallest absolute Gasteiger partial charge is 0.239 e. The fraction of sp³-hybridized carbons (Fsp3) is 0.500. The second kappa shape index (κ2) is 5.85. The van der Waals surface area contributed by atoms with E-state index in [1.165, 1.54) is 0 Å². The molecule has 1 aromatic heterocycles. The highest BCUT2D eigenvalue weighted by Gasteiger charge is 2.33. The average Bonchev–Trinajstić information content (AvgIpc) is 2.76. The number of carbonyl (C=O) groups excluding carboxylic acids is 1. The molecule has 21 heavy (non-hydrogen) atoms. The van der Waals surface area contributed by atoms with Gasteiger partial charge in [-0.2, -0.15) is 0 Å². The molecule has 0 radical (unpaired) electrons. The van der Waals surface area contributed by atoms with Gasteiger partial charge in [-0.25, -0.2) is 4.98 Å². The third-order valence-electron chi connectivity index (χ3n) is 3.68. The van der Waals surface area contributed by atoms with E-state index in [2.05, 4.69) is 21.8 Å². The maximum atomic E-state index is 11.9. The van der Waals surface area contributed by atoms with Crippen LogP contribution in [0.2, 0.25) is 0 Å². The fourth-order valence-electron chi connectivity index (χ4n) is 2.72. The Morgan fingerprint density at radius 3 is 2.67 bits per heavy atom. The summed E-state index contributed by atoms with van der Waals surface area (Å²) in [5, 5.41) is 3.29. The number of imidazole rings is 1. The van der Waals surface area contributed by atoms with Crippen molar-refractivity contribution in [3.8, 4) is 0 Å². The van der Waals surface area contributed by atoms with Crippen molar-refractivity contribution in [2.45, 2.75) is 52.2 Å². The van der Waals surface area contributed by atoms with Gasteiger partial charge in [-0.1, -0.05) is 19.1 Å². The molecule has 0 aliphatic carbocycles. The largest absolute Gasteiger partial charge is 0.368 e. The lowest BCUT2D eigenvalue weighted by molar-refractivity contribution is -0.124. The van der Waals surface area contributed by atoms with Crippen molar-refractivity contribution >= 4 is 16.9 Å². The summed E-state index contributed by atoms with van der Waals surface area (Å²) in [6.45, 7) is 8.41. The number of aromatic nitrogens is 2. The molecule has 1 heterocycles. The Morgan fingerprint density at radius 2 is 2.10 bits per heavy atom. The van der Waals surface area contributed by atoms with Crippen LogP contribution >= 0.6 is 0 Å². The van der Waals surface area contributed by atoms with E-state index in [0.29, 0.717) is 6.54 Å². The van der Waals surface area contributed by atoms with E-state index < -0.39 is 5.54 Å². The third kappa shape index (κ3) is 3.08. The predicted octanol–water partition coefficient (Wildman–Crippen LogP) is 1.84. The Labute approximate surface area is 125 Å². The van der Waals surface area contributed by atoms with Crippen molar-refractivity contribution in [1.29, 1.82) is 0 Å². The molecule has 0 aliphatic heterocycles. The first kappa shape index (κ1) is 15.5. The Morgan fingerprint density at radius 1 is 1.43 bits per heavy atom. The lowest BCUT2D eigenvalue weighted by atomic mass is 10.00. The van der Waals surface area contributed by atoms with Gasteiger partial charge in [0, 0.05) is 12.5 Å². The van der Waals surface area contributed by atoms with Gasteiger partial charge in [0.25, 0.3) is 0 Å². The first-order valence-electron chi connectivity index (χ1n) is 7.39. The highest BCUT2D eigenvalue weighted by molar-refractivity contribution is 5.84. The number of para-hydroxylation sites is 2. The van der Waals surface area contributed by atoms with Crippen molar-refractivity contribution in [2.24, 2.45) is 5.73 Å². The average molecular weight is 288 g/mol. The van der Waals surface area contributed by atoms with Gasteiger partial charge in [-0.15, -0.1) is 0 Å². The molecule has 0 bridgehead atoms. The maximum Gasteiger partial charge on any atom is 0.239 e. The van der Waals surface area contributed by atoms with Crippen LogP contribution in [0, 0.1) is 0 Å². The standard InChI is InChI=1S/C16H24N4O/c1-5-14-18-12-8-6-7-9-13(12)20(14)10-16(4,15(17)21)19-11(2)3/h6-9,11,19H,5,10H2,1-4H3,(H2,17,21). The number of amides is 1. The molecular formula is C16H24N4O. The lowest BCUT2D eigenvalue weighted by Gasteiger charge is -2.31. The number of rotatable bonds is 6. The number of carbonyl (C=O) groups is 1. The van der Waals surface area contributed by atoms with Crippen LogP contribution in [0.15, 0.2) is 24.3 Å². The minimum absolute atomic E-state index is 0.169. The molecule has 0 saturated carbocycles. The van der Waals surface area contributed by atoms with E-state index in [9.17, 15) is 4.79 Å². The molecule has 1 aromatic carbocycles. The quantitative estimate of drug-likeness (QED) is 0.852. The zero-order valence-electron chi connectivity index (χ0n) is 13.2. The number of hydrogen-bond donors (Lipinski definition) is 2. The van der Waals surface area contributed by atoms with Gasteiger partial charge in [0.05, 0.1) is 17.6 Å². The Balaban J connectivity index is 2.47. The number of aryl methyl sites for hydroxylation is 1. The van der Waals surface area contributed by atoms with Gasteiger partial charge in [0.1, 0.15) is 11.4 Å². The van der Waals surface area contributed by atoms with E-state index >= 15 is 0 Å². The number of nitrogens with one attached hydrogen (secondary N) is 1. The molecule has 0 fully saturated rings. The van der Waals surface area contributed by atoms with Gasteiger partial charge < -0.3 is 10.3 Å². The van der Waals surface area contributed by atoms with E-state index in [-0.39, 0.29) is 11.9 Å². The summed E-state index contributed by atoms with van der Waals surface area (Å²) in [5.41, 5.74) is 6.82. The number of nitrogens with two attached hydrogens (primary N) is 1. The Hall–Kier alpha value is -1.88. The van der Waals surface area contributed by atoms with E-state index in [4.69, 9.17) is 5.73 Å². The van der Waals surface area contributed by atoms with Crippen molar-refractivity contribution in [1.82, 2.24) is 14.9 Å². The zero-order chi connectivity index (χ0) is 15.6. The lowest BCUT2D eigenvalue weighted by Crippen LogP contribution is -2.58. The zero-order valence-corrected chi connectivity index (χ0v) is 13.2. The molecule has 5 nitrogen and oxygen atoms in total. The molecule has 3 N–H and O–H groups in total. The molecule has 1 unspecified atom stereocenters. The van der Waals surface area contributed by atoms with E-state index in [0.717, 1.165) is 23.3 Å². The summed E-state index contributed by atoms with van der Waals surface area (Å²) in [6, 6.07) is 8.14. The second-order valence-electron chi connectivity index (χ2n) is 5.95. The van der Waals surface area contributed by atoms with Gasteiger partial charge in [0.2, 0.25) is 5.91 Å². The minimum Gasteiger partial charge on any atom is -0.368 e. The van der Waals surface area contributed by atoms with E-state index in [1.54, 1.807) is 0 Å². The first-order valence-corrected chi connectivity index (χ1v) is 7.39. The van der Waals surface area contributed by atoms with Crippen LogP contribution in [0.5, 0.6) is 0 Å². The molecule has 5 heteroatoms. The molecule has 0 spiro atoms. The van der Waals surface area contributed by atoms with Crippen LogP contribution in [-0.2, 0) is 17.8 Å². The van der Waals surface area contributed by atoms with Crippen LogP contribution in [-0.4, -0.2) is 27.0 Å². The number of nitrogens with zero attached hydrogens (tertiary/aromatic N) is 2. The summed E-state index contributed by atoms with van der Waals surface area (Å²) in [5.74, 6) is 0.616. The topological polar surface area (TPSA) is 72.9 Å². The van der Waals surface area contributed by atoms with Gasteiger partial charge in [-0.05, 0) is 32.9 Å². The normalized spacial score (nSPS) is 14.5. The summed E-state index contributed by atoms with van der Waals surface area (Å²) in [4.78, 5) is 16.6. The van der Waals surface area contributed by atoms with Crippen molar-refractivity contribution in [3.05, 3.63) is 30.1 Å². The van der Waals surface area contributed by atoms with Gasteiger partial charge in [0.15, 0.2) is 0 Å². The molecule has 1 atom stereocenters. The number of fused-ring (bicyclic) bond motifs is 1. The predicted molar refractivity (Wildman–Crippen MR) is 85.0 cm³/mol. The Bertz CT molecular complexity index is 647. The molecular weight excluding hydrogens is 264 g/mol. The molecule has 1 amide bonds. The van der Waals surface area contributed by atoms with Crippen LogP contribution in [0.1, 0.15) is 33.5 Å².